The van der Waals surface area contributed by atoms with Crippen LogP contribution < -0.4 is 5.32 Å². The van der Waals surface area contributed by atoms with Gasteiger partial charge >= 0.3 is 5.97 Å². The number of esters is 1. The molecule has 120 valence electrons. The quantitative estimate of drug-likeness (QED) is 0.495. The first-order valence-corrected chi connectivity index (χ1v) is 7.83. The molecule has 1 N–H and O–H groups in total. The Kier molecular flexibility index (Phi) is 9.06. The molecule has 2 atom stereocenters. The fourth-order valence-corrected chi connectivity index (χ4v) is 2.47. The Morgan fingerprint density at radius 2 is 1.90 bits per heavy atom. The third-order valence-corrected chi connectivity index (χ3v) is 4.02. The zero-order chi connectivity index (χ0) is 15.8. The molecule has 0 amide bonds. The van der Waals surface area contributed by atoms with E-state index in [4.69, 9.17) is 4.74 Å². The van der Waals surface area contributed by atoms with Crippen molar-refractivity contribution in [2.24, 2.45) is 0 Å². The van der Waals surface area contributed by atoms with Crippen LogP contribution in [0.2, 0.25) is 0 Å². The van der Waals surface area contributed by atoms with Gasteiger partial charge < -0.3 is 9.64 Å². The summed E-state index contributed by atoms with van der Waals surface area (Å²) >= 11 is 0. The maximum Gasteiger partial charge on any atom is 0.325 e. The summed E-state index contributed by atoms with van der Waals surface area (Å²) < 4.78 is 4.94. The van der Waals surface area contributed by atoms with Crippen LogP contribution in [0.15, 0.2) is 0 Å². The summed E-state index contributed by atoms with van der Waals surface area (Å²) in [5.74, 6) is -0.165. The molecule has 0 aromatic carbocycles. The largest absolute Gasteiger partial charge is 0.468 e. The van der Waals surface area contributed by atoms with Gasteiger partial charge in [0.1, 0.15) is 5.54 Å². The molecule has 0 aliphatic carbocycles. The van der Waals surface area contributed by atoms with Crippen LogP contribution in [0.5, 0.6) is 0 Å². The van der Waals surface area contributed by atoms with Crippen LogP contribution in [0.25, 0.3) is 0 Å². The minimum atomic E-state index is -0.572. The molecule has 0 saturated carbocycles. The molecule has 0 aromatic rings. The lowest BCUT2D eigenvalue weighted by molar-refractivity contribution is -0.148. The Hall–Kier alpha value is -0.610. The fraction of sp³-hybridized carbons (Fsp3) is 0.938. The molecule has 4 heteroatoms. The average Bonchev–Trinajstić information content (AvgIpc) is 2.40. The first-order valence-electron chi connectivity index (χ1n) is 7.83. The van der Waals surface area contributed by atoms with Crippen LogP contribution in [0.4, 0.5) is 0 Å². The maximum absolute atomic E-state index is 12.0. The average molecular weight is 286 g/mol. The number of unbranched alkanes of at least 4 members (excludes halogenated alkanes) is 1. The van der Waals surface area contributed by atoms with Gasteiger partial charge in [-0.1, -0.05) is 6.92 Å². The van der Waals surface area contributed by atoms with Gasteiger partial charge in [-0.3, -0.25) is 10.1 Å². The van der Waals surface area contributed by atoms with Crippen LogP contribution in [0.1, 0.15) is 60.3 Å². The van der Waals surface area contributed by atoms with Crippen molar-refractivity contribution < 1.29 is 9.53 Å². The monoisotopic (exact) mass is 286 g/mol. The van der Waals surface area contributed by atoms with Crippen molar-refractivity contribution >= 4 is 5.97 Å². The van der Waals surface area contributed by atoms with Gasteiger partial charge in [0.25, 0.3) is 0 Å². The summed E-state index contributed by atoms with van der Waals surface area (Å²) in [5.41, 5.74) is -0.572. The predicted octanol–water partition coefficient (Wildman–Crippen LogP) is 2.82. The number of hydrogen-bond acceptors (Lipinski definition) is 4. The van der Waals surface area contributed by atoms with E-state index in [1.807, 2.05) is 6.92 Å². The summed E-state index contributed by atoms with van der Waals surface area (Å²) in [6.07, 6.45) is 4.11. The van der Waals surface area contributed by atoms with E-state index in [1.165, 1.54) is 13.5 Å². The van der Waals surface area contributed by atoms with Gasteiger partial charge in [-0.05, 0) is 67.0 Å². The summed E-state index contributed by atoms with van der Waals surface area (Å²) in [4.78, 5) is 14.3. The third kappa shape index (κ3) is 6.71. The lowest BCUT2D eigenvalue weighted by Gasteiger charge is -2.30. The smallest absolute Gasteiger partial charge is 0.325 e. The van der Waals surface area contributed by atoms with E-state index < -0.39 is 5.54 Å². The second kappa shape index (κ2) is 9.35. The van der Waals surface area contributed by atoms with E-state index in [-0.39, 0.29) is 12.0 Å². The summed E-state index contributed by atoms with van der Waals surface area (Å²) in [6.45, 7) is 11.6. The predicted molar refractivity (Wildman–Crippen MR) is 84.9 cm³/mol. The lowest BCUT2D eigenvalue weighted by Crippen LogP contribution is -2.53. The van der Waals surface area contributed by atoms with Crippen LogP contribution in [-0.4, -0.2) is 49.2 Å². The summed E-state index contributed by atoms with van der Waals surface area (Å²) in [5, 5.41) is 3.34. The number of nitrogens with one attached hydrogen (secondary N) is 1. The Balaban J connectivity index is 4.25. The fourth-order valence-electron chi connectivity index (χ4n) is 2.47. The number of ether oxygens (including phenoxy) is 1. The highest BCUT2D eigenvalue weighted by atomic mass is 16.5. The van der Waals surface area contributed by atoms with Crippen molar-refractivity contribution in [3.8, 4) is 0 Å². The van der Waals surface area contributed by atoms with Gasteiger partial charge in [0.05, 0.1) is 7.11 Å². The van der Waals surface area contributed by atoms with Crippen LogP contribution >= 0.6 is 0 Å². The molecule has 0 spiro atoms. The van der Waals surface area contributed by atoms with Gasteiger partial charge in [0.15, 0.2) is 0 Å². The van der Waals surface area contributed by atoms with Gasteiger partial charge in [-0.2, -0.15) is 0 Å². The Morgan fingerprint density at radius 1 is 1.30 bits per heavy atom. The molecule has 0 fully saturated rings. The van der Waals surface area contributed by atoms with Gasteiger partial charge in [0, 0.05) is 12.1 Å². The van der Waals surface area contributed by atoms with E-state index >= 15 is 0 Å². The van der Waals surface area contributed by atoms with Crippen LogP contribution in [-0.2, 0) is 9.53 Å². The minimum Gasteiger partial charge on any atom is -0.468 e. The molecule has 0 heterocycles. The second-order valence-electron chi connectivity index (χ2n) is 6.32. The Labute approximate surface area is 125 Å². The summed E-state index contributed by atoms with van der Waals surface area (Å²) in [7, 11) is 3.62. The SMILES string of the molecule is CCC(C)N(C)CCCCC(C)(NC(C)C)C(=O)OC. The van der Waals surface area contributed by atoms with Crippen molar-refractivity contribution in [1.29, 1.82) is 0 Å². The first kappa shape index (κ1) is 19.4. The molecule has 0 aliphatic rings. The highest BCUT2D eigenvalue weighted by molar-refractivity contribution is 5.80. The lowest BCUT2D eigenvalue weighted by atomic mass is 9.93. The van der Waals surface area contributed by atoms with Crippen LogP contribution in [0, 0.1) is 0 Å². The van der Waals surface area contributed by atoms with E-state index in [2.05, 4.69) is 45.0 Å². The Morgan fingerprint density at radius 3 is 2.35 bits per heavy atom. The topological polar surface area (TPSA) is 41.6 Å². The standard InChI is InChI=1S/C16H34N2O2/c1-8-14(4)18(6)12-10-9-11-16(5,15(19)20-7)17-13(2)3/h13-14,17H,8-12H2,1-7H3. The molecule has 4 nitrogen and oxygen atoms in total. The van der Waals surface area contributed by atoms with E-state index in [0.717, 1.165) is 25.8 Å². The third-order valence-electron chi connectivity index (χ3n) is 4.02. The normalized spacial score (nSPS) is 16.2. The molecule has 0 radical (unpaired) electrons. The van der Waals surface area contributed by atoms with Crippen molar-refractivity contribution in [1.82, 2.24) is 10.2 Å². The number of methoxy groups -OCH3 is 1. The molecular weight excluding hydrogens is 252 g/mol. The molecular formula is C16H34N2O2. The van der Waals surface area contributed by atoms with Crippen molar-refractivity contribution in [3.05, 3.63) is 0 Å². The molecule has 0 saturated heterocycles. The second-order valence-corrected chi connectivity index (χ2v) is 6.32. The highest BCUT2D eigenvalue weighted by Gasteiger charge is 2.33. The minimum absolute atomic E-state index is 0.165. The molecule has 0 rings (SSSR count). The molecule has 20 heavy (non-hydrogen) atoms. The zero-order valence-corrected chi connectivity index (χ0v) is 14.5. The van der Waals surface area contributed by atoms with Gasteiger partial charge in [-0.15, -0.1) is 0 Å². The number of carbonyl (C=O) groups is 1. The van der Waals surface area contributed by atoms with E-state index in [1.54, 1.807) is 0 Å². The Bertz CT molecular complexity index is 282. The van der Waals surface area contributed by atoms with Crippen LogP contribution in [0.3, 0.4) is 0 Å². The molecule has 0 aliphatic heterocycles. The van der Waals surface area contributed by atoms with Gasteiger partial charge in [-0.25, -0.2) is 0 Å². The number of hydrogen-bond donors (Lipinski definition) is 1. The van der Waals surface area contributed by atoms with Crippen molar-refractivity contribution in [3.63, 3.8) is 0 Å². The van der Waals surface area contributed by atoms with E-state index in [0.29, 0.717) is 6.04 Å². The highest BCUT2D eigenvalue weighted by Crippen LogP contribution is 2.17. The summed E-state index contributed by atoms with van der Waals surface area (Å²) in [6, 6.07) is 0.887. The maximum atomic E-state index is 12.0. The number of carbonyl (C=O) groups excluding carboxylic acids is 1. The van der Waals surface area contributed by atoms with Gasteiger partial charge in [0.2, 0.25) is 0 Å². The zero-order valence-electron chi connectivity index (χ0n) is 14.5. The number of nitrogens with zero attached hydrogens (tertiary/aromatic N) is 1. The molecule has 0 aromatic heterocycles. The molecule has 0 bridgehead atoms. The van der Waals surface area contributed by atoms with Crippen molar-refractivity contribution in [2.75, 3.05) is 20.7 Å². The van der Waals surface area contributed by atoms with Crippen molar-refractivity contribution in [2.45, 2.75) is 77.9 Å². The first-order chi connectivity index (χ1) is 9.26. The van der Waals surface area contributed by atoms with E-state index in [9.17, 15) is 4.79 Å². The number of rotatable bonds is 10. The molecule has 2 unspecified atom stereocenters.